The third-order valence-electron chi connectivity index (χ3n) is 1.95. The van der Waals surface area contributed by atoms with Crippen molar-refractivity contribution in [2.75, 3.05) is 0 Å². The average Bonchev–Trinajstić information content (AvgIpc) is 2.15. The number of rotatable bonds is 4. The highest BCUT2D eigenvalue weighted by atomic mass is 16.4. The van der Waals surface area contributed by atoms with Crippen LogP contribution in [0.5, 0.6) is 0 Å². The molecule has 0 bridgehead atoms. The summed E-state index contributed by atoms with van der Waals surface area (Å²) in [4.78, 5) is 0. The minimum Gasteiger partial charge on any atom is -0.423 e. The molecule has 0 atom stereocenters. The van der Waals surface area contributed by atoms with Crippen molar-refractivity contribution in [1.29, 1.82) is 0 Å². The normalized spacial score (nSPS) is 9.69. The molecule has 0 aliphatic heterocycles. The van der Waals surface area contributed by atoms with Crippen LogP contribution in [0.15, 0.2) is 36.9 Å². The van der Waals surface area contributed by atoms with E-state index in [1.165, 1.54) is 0 Å². The Morgan fingerprint density at radius 2 is 2.00 bits per heavy atom. The Kier molecular flexibility index (Phi) is 3.74. The highest BCUT2D eigenvalue weighted by Crippen LogP contribution is 2.01. The Bertz CT molecular complexity index is 284. The van der Waals surface area contributed by atoms with Crippen molar-refractivity contribution in [3.05, 3.63) is 42.5 Å². The Morgan fingerprint density at radius 1 is 1.31 bits per heavy atom. The van der Waals surface area contributed by atoms with Gasteiger partial charge in [0.05, 0.1) is 0 Å². The van der Waals surface area contributed by atoms with E-state index in [2.05, 4.69) is 6.58 Å². The molecule has 2 nitrogen and oxygen atoms in total. The van der Waals surface area contributed by atoms with Crippen molar-refractivity contribution in [3.63, 3.8) is 0 Å². The third-order valence-corrected chi connectivity index (χ3v) is 1.95. The molecule has 0 heterocycles. The van der Waals surface area contributed by atoms with Gasteiger partial charge in [-0.2, -0.15) is 0 Å². The predicted octanol–water partition coefficient (Wildman–Crippen LogP) is 0.485. The lowest BCUT2D eigenvalue weighted by atomic mass is 9.76. The van der Waals surface area contributed by atoms with E-state index in [0.29, 0.717) is 5.46 Å². The van der Waals surface area contributed by atoms with Gasteiger partial charge in [0.25, 0.3) is 0 Å². The van der Waals surface area contributed by atoms with Gasteiger partial charge in [-0.15, -0.1) is 6.58 Å². The summed E-state index contributed by atoms with van der Waals surface area (Å²) in [6.45, 7) is 3.63. The van der Waals surface area contributed by atoms with Crippen LogP contribution in [0.3, 0.4) is 0 Å². The first-order valence-electron chi connectivity index (χ1n) is 4.30. The summed E-state index contributed by atoms with van der Waals surface area (Å²) in [5.41, 5.74) is 1.56. The molecule has 0 amide bonds. The number of benzene rings is 1. The highest BCUT2D eigenvalue weighted by Gasteiger charge is 2.13. The standard InChI is InChI=1S/C10H13BO2/c1-2-3-6-9-7-4-5-8-10(9)11(12)13/h2,4-5,7-8,12-13H,1,3,6H2. The van der Waals surface area contributed by atoms with E-state index in [-0.39, 0.29) is 0 Å². The molecule has 0 aliphatic rings. The topological polar surface area (TPSA) is 40.5 Å². The molecule has 1 aromatic rings. The van der Waals surface area contributed by atoms with Gasteiger partial charge in [0.1, 0.15) is 0 Å². The monoisotopic (exact) mass is 176 g/mol. The van der Waals surface area contributed by atoms with Crippen molar-refractivity contribution in [1.82, 2.24) is 0 Å². The fraction of sp³-hybridized carbons (Fsp3) is 0.200. The molecular weight excluding hydrogens is 163 g/mol. The molecule has 0 saturated heterocycles. The zero-order valence-electron chi connectivity index (χ0n) is 7.48. The molecule has 0 unspecified atom stereocenters. The Labute approximate surface area is 78.7 Å². The minimum absolute atomic E-state index is 0.587. The van der Waals surface area contributed by atoms with Crippen LogP contribution in [0, 0.1) is 0 Å². The molecule has 68 valence electrons. The SMILES string of the molecule is C=CCCc1ccccc1B(O)O. The second-order valence-electron chi connectivity index (χ2n) is 2.90. The zero-order valence-corrected chi connectivity index (χ0v) is 7.48. The first kappa shape index (κ1) is 10.0. The van der Waals surface area contributed by atoms with Gasteiger partial charge >= 0.3 is 7.12 Å². The summed E-state index contributed by atoms with van der Waals surface area (Å²) in [5.74, 6) is 0. The number of aryl methyl sites for hydroxylation is 1. The van der Waals surface area contributed by atoms with Crippen LogP contribution in [0.2, 0.25) is 0 Å². The van der Waals surface area contributed by atoms with Crippen molar-refractivity contribution in [2.24, 2.45) is 0 Å². The molecule has 2 N–H and O–H groups in total. The van der Waals surface area contributed by atoms with Gasteiger partial charge in [-0.1, -0.05) is 30.3 Å². The quantitative estimate of drug-likeness (QED) is 0.517. The van der Waals surface area contributed by atoms with Gasteiger partial charge in [-0.3, -0.25) is 0 Å². The van der Waals surface area contributed by atoms with E-state index in [9.17, 15) is 0 Å². The molecule has 0 aliphatic carbocycles. The van der Waals surface area contributed by atoms with Crippen LogP contribution in [-0.4, -0.2) is 17.2 Å². The van der Waals surface area contributed by atoms with E-state index < -0.39 is 7.12 Å². The molecule has 0 fully saturated rings. The Balaban J connectivity index is 2.84. The number of hydrogen-bond donors (Lipinski definition) is 2. The van der Waals surface area contributed by atoms with E-state index in [1.807, 2.05) is 18.2 Å². The van der Waals surface area contributed by atoms with Crippen molar-refractivity contribution in [3.8, 4) is 0 Å². The molecule has 13 heavy (non-hydrogen) atoms. The van der Waals surface area contributed by atoms with Crippen molar-refractivity contribution >= 4 is 12.6 Å². The Hall–Kier alpha value is -1.06. The van der Waals surface area contributed by atoms with E-state index in [1.54, 1.807) is 12.1 Å². The predicted molar refractivity (Wildman–Crippen MR) is 54.8 cm³/mol. The van der Waals surface area contributed by atoms with Gasteiger partial charge in [0.2, 0.25) is 0 Å². The van der Waals surface area contributed by atoms with Gasteiger partial charge in [-0.05, 0) is 23.9 Å². The maximum absolute atomic E-state index is 9.03. The zero-order chi connectivity index (χ0) is 9.68. The maximum Gasteiger partial charge on any atom is 0.488 e. The van der Waals surface area contributed by atoms with Crippen LogP contribution >= 0.6 is 0 Å². The lowest BCUT2D eigenvalue weighted by molar-refractivity contribution is 0.425. The van der Waals surface area contributed by atoms with Crippen LogP contribution < -0.4 is 5.46 Å². The average molecular weight is 176 g/mol. The molecule has 1 rings (SSSR count). The second-order valence-corrected chi connectivity index (χ2v) is 2.90. The first-order chi connectivity index (χ1) is 6.25. The molecule has 1 aromatic carbocycles. The third kappa shape index (κ3) is 2.72. The van der Waals surface area contributed by atoms with Crippen LogP contribution in [0.4, 0.5) is 0 Å². The molecule has 0 radical (unpaired) electrons. The summed E-state index contributed by atoms with van der Waals surface area (Å²) >= 11 is 0. The van der Waals surface area contributed by atoms with Gasteiger partial charge in [-0.25, -0.2) is 0 Å². The largest absolute Gasteiger partial charge is 0.488 e. The molecule has 0 spiro atoms. The first-order valence-corrected chi connectivity index (χ1v) is 4.30. The minimum atomic E-state index is -1.37. The molecule has 0 aromatic heterocycles. The summed E-state index contributed by atoms with van der Waals surface area (Å²) in [6.07, 6.45) is 3.47. The van der Waals surface area contributed by atoms with E-state index >= 15 is 0 Å². The number of hydrogen-bond acceptors (Lipinski definition) is 2. The van der Waals surface area contributed by atoms with Gasteiger partial charge in [0.15, 0.2) is 0 Å². The van der Waals surface area contributed by atoms with Gasteiger partial charge < -0.3 is 10.0 Å². The number of allylic oxidation sites excluding steroid dienone is 1. The summed E-state index contributed by atoms with van der Waals surface area (Å²) in [6, 6.07) is 7.32. The fourth-order valence-corrected chi connectivity index (χ4v) is 1.27. The fourth-order valence-electron chi connectivity index (χ4n) is 1.27. The Morgan fingerprint density at radius 3 is 2.62 bits per heavy atom. The van der Waals surface area contributed by atoms with E-state index in [4.69, 9.17) is 10.0 Å². The van der Waals surface area contributed by atoms with Crippen LogP contribution in [0.1, 0.15) is 12.0 Å². The maximum atomic E-state index is 9.03. The van der Waals surface area contributed by atoms with E-state index in [0.717, 1.165) is 18.4 Å². The summed E-state index contributed by atoms with van der Waals surface area (Å²) in [7, 11) is -1.37. The van der Waals surface area contributed by atoms with Crippen LogP contribution in [0.25, 0.3) is 0 Å². The molecule has 3 heteroatoms. The van der Waals surface area contributed by atoms with Crippen molar-refractivity contribution < 1.29 is 10.0 Å². The smallest absolute Gasteiger partial charge is 0.423 e. The lowest BCUT2D eigenvalue weighted by Crippen LogP contribution is -2.32. The molecule has 0 saturated carbocycles. The van der Waals surface area contributed by atoms with Crippen LogP contribution in [-0.2, 0) is 6.42 Å². The second kappa shape index (κ2) is 4.85. The van der Waals surface area contributed by atoms with Gasteiger partial charge in [0, 0.05) is 0 Å². The molecular formula is C10H13BO2. The lowest BCUT2D eigenvalue weighted by Gasteiger charge is -2.06. The van der Waals surface area contributed by atoms with Crippen molar-refractivity contribution in [2.45, 2.75) is 12.8 Å². The summed E-state index contributed by atoms with van der Waals surface area (Å²) < 4.78 is 0. The summed E-state index contributed by atoms with van der Waals surface area (Å²) in [5, 5.41) is 18.1. The highest BCUT2D eigenvalue weighted by molar-refractivity contribution is 6.59.